The second-order valence-corrected chi connectivity index (χ2v) is 24.7. The number of unbranched alkanes of at least 4 members (excludes halogenated alkanes) is 30. The predicted octanol–water partition coefficient (Wildman–Crippen LogP) is 6.95. The molecule has 3 rings (SSSR count). The Labute approximate surface area is 508 Å². The van der Waals surface area contributed by atoms with Crippen molar-refractivity contribution in [3.05, 3.63) is 0 Å². The standard InChI is InChI=1S/C63H119N3O19/c1-5-7-9-11-13-15-17-18-19-20-21-22-23-24-25-26-27-28-30-32-34-36-38-64-47(37-35-33-31-29-16-14-12-10-8-6-2)43-80-60-53(65-45(3)69)56(74)59(51(42-68)82-60)84-61-58(76)57(75)55(73)52(83-61)44-81-63(62(77)78)40-49(72)54(66(79)46(4)70)50(85-63)39-48(71)41-67/h47-61,64,67-68,71-76,79H,5-44H2,1-4H3,(H,65,69)(H,77,78)/t47?,48-,49+,50?,51?,52?,53-,54+,55-,56?,57?,58-,59+,60+,61-,63+/m0/s1. The third kappa shape index (κ3) is 29.1. The third-order valence-electron chi connectivity index (χ3n) is 17.2. The zero-order valence-electron chi connectivity index (χ0n) is 52.5. The molecule has 3 aliphatic rings. The molecule has 3 heterocycles. The Morgan fingerprint density at radius 3 is 1.53 bits per heavy atom. The number of carboxylic acids is 1. The first kappa shape index (κ1) is 77.0. The number of rotatable bonds is 50. The topological polar surface area (TPSA) is 336 Å². The van der Waals surface area contributed by atoms with E-state index in [2.05, 4.69) is 24.5 Å². The summed E-state index contributed by atoms with van der Waals surface area (Å²) in [6, 6.07) is -2.97. The molecule has 3 saturated heterocycles. The highest BCUT2D eigenvalue weighted by molar-refractivity contribution is 5.76. The molecule has 22 nitrogen and oxygen atoms in total. The molecule has 0 aromatic carbocycles. The molecule has 16 atom stereocenters. The summed E-state index contributed by atoms with van der Waals surface area (Å²) >= 11 is 0. The molecule has 85 heavy (non-hydrogen) atoms. The number of aliphatic carboxylic acids is 1. The number of amides is 2. The van der Waals surface area contributed by atoms with Gasteiger partial charge in [-0.25, -0.2) is 9.86 Å². The van der Waals surface area contributed by atoms with Crippen LogP contribution in [0.25, 0.3) is 0 Å². The smallest absolute Gasteiger partial charge is 0.364 e. The molecule has 3 aliphatic heterocycles. The summed E-state index contributed by atoms with van der Waals surface area (Å²) in [6.07, 6.45) is 19.8. The monoisotopic (exact) mass is 1220 g/mol. The van der Waals surface area contributed by atoms with Gasteiger partial charge in [0.15, 0.2) is 12.6 Å². The molecular formula is C63H119N3O19. The van der Waals surface area contributed by atoms with E-state index in [0.717, 1.165) is 52.0 Å². The van der Waals surface area contributed by atoms with Crippen LogP contribution in [0, 0.1) is 0 Å². The van der Waals surface area contributed by atoms with Gasteiger partial charge >= 0.3 is 5.97 Å². The Morgan fingerprint density at radius 2 is 1.08 bits per heavy atom. The number of carbonyl (C=O) groups excluding carboxylic acids is 2. The van der Waals surface area contributed by atoms with Crippen molar-refractivity contribution in [1.82, 2.24) is 15.7 Å². The van der Waals surface area contributed by atoms with Crippen LogP contribution in [0.4, 0.5) is 0 Å². The van der Waals surface area contributed by atoms with Crippen LogP contribution in [0.5, 0.6) is 0 Å². The first-order valence-corrected chi connectivity index (χ1v) is 33.4. The van der Waals surface area contributed by atoms with Crippen molar-refractivity contribution < 1.29 is 94.0 Å². The van der Waals surface area contributed by atoms with Crippen LogP contribution in [-0.2, 0) is 42.8 Å². The Morgan fingerprint density at radius 1 is 0.612 bits per heavy atom. The summed E-state index contributed by atoms with van der Waals surface area (Å²) in [5, 5.41) is 114. The average molecular weight is 1220 g/mol. The third-order valence-corrected chi connectivity index (χ3v) is 17.2. The quantitative estimate of drug-likeness (QED) is 0.0167. The summed E-state index contributed by atoms with van der Waals surface area (Å²) in [5.74, 6) is -6.10. The zero-order valence-corrected chi connectivity index (χ0v) is 52.5. The van der Waals surface area contributed by atoms with Gasteiger partial charge < -0.3 is 85.0 Å². The van der Waals surface area contributed by atoms with Gasteiger partial charge in [0, 0.05) is 32.7 Å². The van der Waals surface area contributed by atoms with Crippen LogP contribution >= 0.6 is 0 Å². The van der Waals surface area contributed by atoms with Crippen LogP contribution in [0.3, 0.4) is 0 Å². The number of aliphatic hydroxyl groups excluding tert-OH is 8. The van der Waals surface area contributed by atoms with E-state index in [9.17, 15) is 65.5 Å². The lowest BCUT2D eigenvalue weighted by molar-refractivity contribution is -0.361. The Bertz CT molecular complexity index is 1730. The fraction of sp³-hybridized carbons (Fsp3) is 0.952. The Kier molecular flexibility index (Phi) is 40.9. The van der Waals surface area contributed by atoms with Crippen molar-refractivity contribution in [1.29, 1.82) is 0 Å². The summed E-state index contributed by atoms with van der Waals surface area (Å²) < 4.78 is 35.8. The molecule has 0 aromatic heterocycles. The molecule has 0 spiro atoms. The number of ether oxygens (including phenoxy) is 6. The minimum atomic E-state index is -2.78. The second kappa shape index (κ2) is 45.1. The summed E-state index contributed by atoms with van der Waals surface area (Å²) in [5.41, 5.74) is 0. The number of nitrogens with one attached hydrogen (secondary N) is 2. The number of carbonyl (C=O) groups is 3. The highest BCUT2D eigenvalue weighted by Gasteiger charge is 2.57. The molecule has 3 fully saturated rings. The van der Waals surface area contributed by atoms with Gasteiger partial charge in [0.25, 0.3) is 5.79 Å². The Hall–Kier alpha value is -2.23. The van der Waals surface area contributed by atoms with E-state index in [1.165, 1.54) is 180 Å². The van der Waals surface area contributed by atoms with Gasteiger partial charge in [-0.3, -0.25) is 14.8 Å². The lowest BCUT2D eigenvalue weighted by atomic mass is 9.89. The van der Waals surface area contributed by atoms with Gasteiger partial charge in [0.2, 0.25) is 11.8 Å². The number of hydroxylamine groups is 2. The van der Waals surface area contributed by atoms with Crippen LogP contribution < -0.4 is 10.6 Å². The van der Waals surface area contributed by atoms with Gasteiger partial charge in [0.1, 0.15) is 54.8 Å². The SMILES string of the molecule is CCCCCCCCCCCCCCCCCCCCCCCCNC(CCCCCCCCCCCC)CO[C@@H]1OC(CO)[C@@H](O[C@@H]2OC(CO[C@]3(C(=O)O)C[C@@H](O)[C@@H](N(O)C(C)=O)C(C[C@H](O)CO)O3)[C@H](O)C(O)[C@@H]2O)C(O)[C@@H]1NC(C)=O. The van der Waals surface area contributed by atoms with E-state index in [1.807, 2.05) is 0 Å². The van der Waals surface area contributed by atoms with Crippen molar-refractivity contribution in [3.8, 4) is 0 Å². The fourth-order valence-corrected chi connectivity index (χ4v) is 12.0. The van der Waals surface area contributed by atoms with Crippen LogP contribution in [0.2, 0.25) is 0 Å². The maximum Gasteiger partial charge on any atom is 0.364 e. The molecule has 500 valence electrons. The van der Waals surface area contributed by atoms with Gasteiger partial charge in [0.05, 0.1) is 44.7 Å². The van der Waals surface area contributed by atoms with E-state index in [-0.39, 0.29) is 17.7 Å². The largest absolute Gasteiger partial charge is 0.477 e. The lowest BCUT2D eigenvalue weighted by Crippen LogP contribution is -2.68. The summed E-state index contributed by atoms with van der Waals surface area (Å²) in [6.45, 7) is 5.13. The summed E-state index contributed by atoms with van der Waals surface area (Å²) in [7, 11) is 0. The minimum Gasteiger partial charge on any atom is -0.477 e. The van der Waals surface area contributed by atoms with Crippen LogP contribution in [-0.4, -0.2) is 205 Å². The van der Waals surface area contributed by atoms with Crippen LogP contribution in [0.1, 0.15) is 252 Å². The predicted molar refractivity (Wildman–Crippen MR) is 320 cm³/mol. The van der Waals surface area contributed by atoms with Crippen molar-refractivity contribution in [2.45, 2.75) is 350 Å². The van der Waals surface area contributed by atoms with Crippen molar-refractivity contribution in [3.63, 3.8) is 0 Å². The molecule has 12 N–H and O–H groups in total. The number of nitrogens with zero attached hydrogens (tertiary/aromatic N) is 1. The number of aliphatic hydroxyl groups is 8. The highest BCUT2D eigenvalue weighted by Crippen LogP contribution is 2.37. The van der Waals surface area contributed by atoms with Crippen molar-refractivity contribution in [2.24, 2.45) is 0 Å². The van der Waals surface area contributed by atoms with E-state index < -0.39 is 142 Å². The summed E-state index contributed by atoms with van der Waals surface area (Å²) in [4.78, 5) is 37.6. The van der Waals surface area contributed by atoms with Gasteiger partial charge in [-0.2, -0.15) is 0 Å². The second-order valence-electron chi connectivity index (χ2n) is 24.7. The molecule has 0 saturated carbocycles. The maximum atomic E-state index is 12.8. The molecule has 0 aliphatic carbocycles. The molecule has 0 aromatic rings. The van der Waals surface area contributed by atoms with E-state index >= 15 is 0 Å². The van der Waals surface area contributed by atoms with E-state index in [1.54, 1.807) is 0 Å². The number of carboxylic acid groups (broad SMARTS) is 1. The van der Waals surface area contributed by atoms with Gasteiger partial charge in [-0.15, -0.1) is 0 Å². The minimum absolute atomic E-state index is 0.0889. The van der Waals surface area contributed by atoms with Gasteiger partial charge in [-0.1, -0.05) is 213 Å². The lowest BCUT2D eigenvalue weighted by Gasteiger charge is -2.48. The van der Waals surface area contributed by atoms with Crippen LogP contribution in [0.15, 0.2) is 0 Å². The first-order chi connectivity index (χ1) is 40.9. The molecule has 22 heteroatoms. The van der Waals surface area contributed by atoms with E-state index in [4.69, 9.17) is 28.4 Å². The van der Waals surface area contributed by atoms with Gasteiger partial charge in [-0.05, 0) is 19.4 Å². The fourth-order valence-electron chi connectivity index (χ4n) is 12.0. The normalized spacial score (nSPS) is 28.7. The molecule has 0 radical (unpaired) electrons. The van der Waals surface area contributed by atoms with Crippen molar-refractivity contribution >= 4 is 17.8 Å². The molecule has 6 unspecified atom stereocenters. The Balaban J connectivity index is 1.56. The first-order valence-electron chi connectivity index (χ1n) is 33.4. The number of hydrogen-bond donors (Lipinski definition) is 12. The van der Waals surface area contributed by atoms with Crippen molar-refractivity contribution in [2.75, 3.05) is 33.0 Å². The number of hydrogen-bond acceptors (Lipinski definition) is 19. The molecule has 0 bridgehead atoms. The highest BCUT2D eigenvalue weighted by atomic mass is 16.8. The molecular weight excluding hydrogens is 1100 g/mol. The van der Waals surface area contributed by atoms with E-state index in [0.29, 0.717) is 0 Å². The molecule has 2 amide bonds. The average Bonchev–Trinajstić information content (AvgIpc) is 1.58. The maximum absolute atomic E-state index is 12.8. The zero-order chi connectivity index (χ0) is 62.4.